The van der Waals surface area contributed by atoms with Crippen molar-refractivity contribution in [1.29, 1.82) is 0 Å². The molecule has 212 valence electrons. The maximum atomic E-state index is 12.1. The number of esters is 1. The summed E-state index contributed by atoms with van der Waals surface area (Å²) in [7, 11) is 2.25. The molecular weight excluding hydrogens is 494 g/mol. The van der Waals surface area contributed by atoms with Crippen molar-refractivity contribution in [1.82, 2.24) is 10.8 Å². The highest BCUT2D eigenvalue weighted by Gasteiger charge is 2.32. The Bertz CT molecular complexity index is 671. The largest absolute Gasteiger partial charge is 0.481 e. The minimum atomic E-state index is -3.07. The van der Waals surface area contributed by atoms with Crippen molar-refractivity contribution in [2.24, 2.45) is 0 Å². The number of nitrogens with one attached hydrogen (secondary N) is 2. The zero-order valence-electron chi connectivity index (χ0n) is 21.8. The van der Waals surface area contributed by atoms with Gasteiger partial charge in [0.25, 0.3) is 0 Å². The van der Waals surface area contributed by atoms with Crippen molar-refractivity contribution in [2.75, 3.05) is 14.2 Å². The molecule has 13 nitrogen and oxygen atoms in total. The molecule has 0 aliphatic heterocycles. The van der Waals surface area contributed by atoms with Gasteiger partial charge in [0.1, 0.15) is 5.60 Å². The summed E-state index contributed by atoms with van der Waals surface area (Å²) in [6.45, 7) is 6.69. The van der Waals surface area contributed by atoms with Gasteiger partial charge in [-0.15, -0.1) is 5.48 Å². The van der Waals surface area contributed by atoms with E-state index < -0.39 is 54.5 Å². The molecule has 36 heavy (non-hydrogen) atoms. The van der Waals surface area contributed by atoms with E-state index in [1.807, 2.05) is 13.8 Å². The summed E-state index contributed by atoms with van der Waals surface area (Å²) in [6, 6.07) is -1.38. The van der Waals surface area contributed by atoms with Crippen LogP contribution < -0.4 is 10.8 Å². The highest BCUT2D eigenvalue weighted by molar-refractivity contribution is 5.82. The fourth-order valence-electron chi connectivity index (χ4n) is 1.78. The highest BCUT2D eigenvalue weighted by atomic mass is 19.3. The first-order chi connectivity index (χ1) is 16.5. The molecule has 0 aromatic carbocycles. The van der Waals surface area contributed by atoms with Crippen molar-refractivity contribution in [3.8, 4) is 0 Å². The van der Waals surface area contributed by atoms with Gasteiger partial charge in [0.05, 0.1) is 20.3 Å². The normalized spacial score (nSPS) is 11.8. The van der Waals surface area contributed by atoms with E-state index in [0.29, 0.717) is 12.8 Å². The molecule has 0 aliphatic carbocycles. The number of amides is 2. The highest BCUT2D eigenvalue weighted by Crippen LogP contribution is 2.10. The van der Waals surface area contributed by atoms with E-state index in [4.69, 9.17) is 9.84 Å². The van der Waals surface area contributed by atoms with Crippen LogP contribution in [0.3, 0.4) is 0 Å². The molecule has 0 spiro atoms. The Morgan fingerprint density at radius 3 is 1.78 bits per heavy atom. The third-order valence-electron chi connectivity index (χ3n) is 3.27. The van der Waals surface area contributed by atoms with Gasteiger partial charge in [0.15, 0.2) is 6.04 Å². The first kappa shape index (κ1) is 37.3. The van der Waals surface area contributed by atoms with E-state index in [1.165, 1.54) is 14.0 Å². The number of hydrogen-bond donors (Lipinski definition) is 3. The first-order valence-corrected chi connectivity index (χ1v) is 10.8. The molecule has 0 aromatic heterocycles. The second-order valence-corrected chi connectivity index (χ2v) is 7.71. The Morgan fingerprint density at radius 2 is 1.44 bits per heavy atom. The lowest BCUT2D eigenvalue weighted by molar-refractivity contribution is -0.175. The van der Waals surface area contributed by atoms with Crippen LogP contribution in [0.2, 0.25) is 0 Å². The Balaban J connectivity index is -0.000000536. The van der Waals surface area contributed by atoms with Gasteiger partial charge < -0.3 is 34.2 Å². The fraction of sp³-hybridized carbons (Fsp3) is 0.762. The average molecular weight is 533 g/mol. The third-order valence-corrected chi connectivity index (χ3v) is 3.27. The van der Waals surface area contributed by atoms with Crippen LogP contribution in [0.15, 0.2) is 0 Å². The van der Waals surface area contributed by atoms with Gasteiger partial charge in [-0.25, -0.2) is 19.2 Å². The van der Waals surface area contributed by atoms with Crippen molar-refractivity contribution >= 4 is 30.1 Å². The van der Waals surface area contributed by atoms with Crippen LogP contribution in [-0.2, 0) is 38.2 Å². The van der Waals surface area contributed by atoms with Crippen LogP contribution in [0.1, 0.15) is 67.2 Å². The number of ether oxygens (including phenoxy) is 4. The van der Waals surface area contributed by atoms with Gasteiger partial charge in [0.2, 0.25) is 0 Å². The summed E-state index contributed by atoms with van der Waals surface area (Å²) in [5.74, 6) is -2.09. The molecule has 0 saturated heterocycles. The van der Waals surface area contributed by atoms with Crippen molar-refractivity contribution < 1.29 is 61.6 Å². The Morgan fingerprint density at radius 1 is 0.917 bits per heavy atom. The van der Waals surface area contributed by atoms with E-state index >= 15 is 0 Å². The number of halogens is 2. The molecule has 2 atom stereocenters. The number of carboxylic acids is 1. The van der Waals surface area contributed by atoms with Crippen LogP contribution in [0.5, 0.6) is 0 Å². The molecule has 0 aromatic rings. The predicted molar refractivity (Wildman–Crippen MR) is 121 cm³/mol. The monoisotopic (exact) mass is 532 g/mol. The van der Waals surface area contributed by atoms with Crippen molar-refractivity contribution in [3.63, 3.8) is 0 Å². The SMILES string of the molecule is CCCC(=O)O.CCCC(=O)ONC(=O)OC.COC(=O)C(NC(=O)OC(C)(C)C)C(C)OC(F)F. The van der Waals surface area contributed by atoms with Crippen LogP contribution >= 0.6 is 0 Å². The average Bonchev–Trinajstić information content (AvgIpc) is 2.74. The smallest absolute Gasteiger partial charge is 0.440 e. The second kappa shape index (κ2) is 21.1. The number of aliphatic carboxylic acids is 1. The minimum Gasteiger partial charge on any atom is -0.481 e. The molecule has 0 rings (SSSR count). The maximum Gasteiger partial charge on any atom is 0.440 e. The number of rotatable bonds is 9. The quantitative estimate of drug-likeness (QED) is 0.226. The molecule has 2 unspecified atom stereocenters. The zero-order valence-corrected chi connectivity index (χ0v) is 21.8. The summed E-state index contributed by atoms with van der Waals surface area (Å²) >= 11 is 0. The van der Waals surface area contributed by atoms with Gasteiger partial charge in [-0.1, -0.05) is 13.8 Å². The predicted octanol–water partition coefficient (Wildman–Crippen LogP) is 3.15. The van der Waals surface area contributed by atoms with E-state index in [1.54, 1.807) is 26.3 Å². The number of carbonyl (C=O) groups is 5. The van der Waals surface area contributed by atoms with E-state index in [9.17, 15) is 32.8 Å². The number of alkyl halides is 2. The molecule has 0 heterocycles. The first-order valence-electron chi connectivity index (χ1n) is 10.8. The molecule has 0 aliphatic rings. The number of carbonyl (C=O) groups excluding carboxylic acids is 4. The lowest BCUT2D eigenvalue weighted by atomic mass is 10.2. The minimum absolute atomic E-state index is 0.282. The van der Waals surface area contributed by atoms with Crippen molar-refractivity contribution in [2.45, 2.75) is 91.6 Å². The van der Waals surface area contributed by atoms with E-state index in [2.05, 4.69) is 24.4 Å². The van der Waals surface area contributed by atoms with Gasteiger partial charge in [-0.05, 0) is 40.5 Å². The molecule has 0 radical (unpaired) electrons. The van der Waals surface area contributed by atoms with Gasteiger partial charge in [0, 0.05) is 12.8 Å². The second-order valence-electron chi connectivity index (χ2n) is 7.71. The Hall–Kier alpha value is -3.23. The zero-order chi connectivity index (χ0) is 28.9. The van der Waals surface area contributed by atoms with Gasteiger partial charge >= 0.3 is 36.7 Å². The van der Waals surface area contributed by atoms with E-state index in [-0.39, 0.29) is 6.42 Å². The lowest BCUT2D eigenvalue weighted by Gasteiger charge is -2.25. The summed E-state index contributed by atoms with van der Waals surface area (Å²) < 4.78 is 41.8. The molecule has 0 bridgehead atoms. The number of alkyl carbamates (subject to hydrolysis) is 1. The number of hydrogen-bond acceptors (Lipinski definition) is 10. The van der Waals surface area contributed by atoms with Crippen LogP contribution in [-0.4, -0.2) is 73.8 Å². The molecule has 0 fully saturated rings. The summed E-state index contributed by atoms with van der Waals surface area (Å²) in [5.41, 5.74) is 1.03. The number of methoxy groups -OCH3 is 2. The van der Waals surface area contributed by atoms with Crippen LogP contribution in [0.4, 0.5) is 18.4 Å². The van der Waals surface area contributed by atoms with Gasteiger partial charge in [-0.3, -0.25) is 4.79 Å². The molecular formula is C21H38F2N2O11. The summed E-state index contributed by atoms with van der Waals surface area (Å²) in [6.07, 6.45) is -0.983. The number of hydroxylamine groups is 1. The number of carboxylic acid groups (broad SMARTS) is 1. The lowest BCUT2D eigenvalue weighted by Crippen LogP contribution is -2.50. The summed E-state index contributed by atoms with van der Waals surface area (Å²) in [4.78, 5) is 57.7. The van der Waals surface area contributed by atoms with Gasteiger partial charge in [-0.2, -0.15) is 8.78 Å². The molecule has 0 saturated carbocycles. The Kier molecular flexibility index (Phi) is 21.9. The van der Waals surface area contributed by atoms with Crippen LogP contribution in [0.25, 0.3) is 0 Å². The van der Waals surface area contributed by atoms with Crippen LogP contribution in [0, 0.1) is 0 Å². The third kappa shape index (κ3) is 25.4. The maximum absolute atomic E-state index is 12.1. The summed E-state index contributed by atoms with van der Waals surface area (Å²) in [5, 5.41) is 10.0. The standard InChI is InChI=1S/C11H19F2NO5.C6H11NO4.C4H8O2/c1-6(18-9(12)13)7(8(15)17-5)14-10(16)19-11(2,3)4;1-3-4-5(8)11-7-6(9)10-2;1-2-3-4(5)6/h6-7,9H,1-5H3,(H,14,16);3-4H2,1-2H3,(H,7,9);2-3H2,1H3,(H,5,6). The molecule has 2 amide bonds. The van der Waals surface area contributed by atoms with E-state index in [0.717, 1.165) is 13.5 Å². The molecule has 15 heteroatoms. The molecule has 3 N–H and O–H groups in total. The fourth-order valence-corrected chi connectivity index (χ4v) is 1.78. The van der Waals surface area contributed by atoms with Crippen molar-refractivity contribution in [3.05, 3.63) is 0 Å². The Labute approximate surface area is 209 Å². The topological polar surface area (TPSA) is 176 Å².